The average molecular weight is 306 g/mol. The highest BCUT2D eigenvalue weighted by molar-refractivity contribution is 6.30. The summed E-state index contributed by atoms with van der Waals surface area (Å²) in [4.78, 5) is 0. The van der Waals surface area contributed by atoms with Crippen LogP contribution >= 0.6 is 11.6 Å². The molecule has 110 valence electrons. The van der Waals surface area contributed by atoms with Crippen molar-refractivity contribution in [3.8, 4) is 5.75 Å². The fourth-order valence-electron chi connectivity index (χ4n) is 2.05. The van der Waals surface area contributed by atoms with Crippen LogP contribution < -0.4 is 10.1 Å². The van der Waals surface area contributed by atoms with Crippen molar-refractivity contribution in [1.29, 1.82) is 0 Å². The number of benzene rings is 2. The molecule has 1 aliphatic rings. The smallest absolute Gasteiger partial charge is 0.142 e. The molecule has 0 aromatic heterocycles. The van der Waals surface area contributed by atoms with E-state index in [0.717, 1.165) is 17.9 Å². The molecule has 0 radical (unpaired) electrons. The van der Waals surface area contributed by atoms with Crippen molar-refractivity contribution in [1.82, 2.24) is 5.32 Å². The Kier molecular flexibility index (Phi) is 4.42. The highest BCUT2D eigenvalue weighted by atomic mass is 35.5. The fourth-order valence-corrected chi connectivity index (χ4v) is 2.17. The van der Waals surface area contributed by atoms with Crippen molar-refractivity contribution in [2.24, 2.45) is 0 Å². The van der Waals surface area contributed by atoms with Gasteiger partial charge in [0.25, 0.3) is 0 Å². The van der Waals surface area contributed by atoms with E-state index in [1.807, 2.05) is 24.3 Å². The predicted molar refractivity (Wildman–Crippen MR) is 82.0 cm³/mol. The lowest BCUT2D eigenvalue weighted by atomic mass is 10.2. The molecule has 1 fully saturated rings. The van der Waals surface area contributed by atoms with Crippen LogP contribution in [0.3, 0.4) is 0 Å². The third-order valence-electron chi connectivity index (χ3n) is 3.49. The van der Waals surface area contributed by atoms with E-state index in [1.54, 1.807) is 12.1 Å². The van der Waals surface area contributed by atoms with E-state index >= 15 is 0 Å². The van der Waals surface area contributed by atoms with Gasteiger partial charge >= 0.3 is 0 Å². The van der Waals surface area contributed by atoms with Gasteiger partial charge in [0.2, 0.25) is 0 Å². The lowest BCUT2D eigenvalue weighted by molar-refractivity contribution is 0.305. The SMILES string of the molecule is Fc1cc(COc2ccc(CNC3CC3)cc2)ccc1Cl. The van der Waals surface area contributed by atoms with Crippen molar-refractivity contribution in [3.05, 3.63) is 64.4 Å². The normalized spacial score (nSPS) is 14.2. The van der Waals surface area contributed by atoms with E-state index < -0.39 is 5.82 Å². The van der Waals surface area contributed by atoms with Gasteiger partial charge in [0.1, 0.15) is 18.2 Å². The van der Waals surface area contributed by atoms with Crippen molar-refractivity contribution in [2.45, 2.75) is 32.0 Å². The Morgan fingerprint density at radius 2 is 1.81 bits per heavy atom. The van der Waals surface area contributed by atoms with Gasteiger partial charge in [0.15, 0.2) is 0 Å². The molecule has 2 aromatic rings. The quantitative estimate of drug-likeness (QED) is 0.858. The van der Waals surface area contributed by atoms with Crippen LogP contribution in [0.5, 0.6) is 5.75 Å². The Labute approximate surface area is 128 Å². The lowest BCUT2D eigenvalue weighted by Crippen LogP contribution is -2.15. The summed E-state index contributed by atoms with van der Waals surface area (Å²) in [6, 6.07) is 13.4. The number of hydrogen-bond acceptors (Lipinski definition) is 2. The van der Waals surface area contributed by atoms with Crippen molar-refractivity contribution in [2.75, 3.05) is 0 Å². The second-order valence-corrected chi connectivity index (χ2v) is 5.74. The molecule has 4 heteroatoms. The first-order chi connectivity index (χ1) is 10.2. The Balaban J connectivity index is 1.53. The van der Waals surface area contributed by atoms with Crippen LogP contribution in [0.15, 0.2) is 42.5 Å². The molecule has 0 atom stereocenters. The number of hydrogen-bond donors (Lipinski definition) is 1. The standard InChI is InChI=1S/C17H17ClFNO/c18-16-8-3-13(9-17(16)19)11-21-15-6-1-12(2-7-15)10-20-14-4-5-14/h1-3,6-9,14,20H,4-5,10-11H2. The topological polar surface area (TPSA) is 21.3 Å². The monoisotopic (exact) mass is 305 g/mol. The summed E-state index contributed by atoms with van der Waals surface area (Å²) in [7, 11) is 0. The number of rotatable bonds is 6. The van der Waals surface area contributed by atoms with Gasteiger partial charge in [-0.2, -0.15) is 0 Å². The largest absolute Gasteiger partial charge is 0.489 e. The van der Waals surface area contributed by atoms with Gasteiger partial charge in [-0.1, -0.05) is 29.8 Å². The molecule has 3 rings (SSSR count). The molecule has 2 nitrogen and oxygen atoms in total. The summed E-state index contributed by atoms with van der Waals surface area (Å²) >= 11 is 5.65. The maximum absolute atomic E-state index is 13.3. The Morgan fingerprint density at radius 1 is 1.10 bits per heavy atom. The molecule has 0 bridgehead atoms. The van der Waals surface area contributed by atoms with E-state index in [1.165, 1.54) is 24.5 Å². The molecule has 0 heterocycles. The van der Waals surface area contributed by atoms with Crippen LogP contribution in [-0.2, 0) is 13.2 Å². The van der Waals surface area contributed by atoms with E-state index in [9.17, 15) is 4.39 Å². The third-order valence-corrected chi connectivity index (χ3v) is 3.79. The molecule has 2 aromatic carbocycles. The number of ether oxygens (including phenoxy) is 1. The van der Waals surface area contributed by atoms with Gasteiger partial charge in [-0.3, -0.25) is 0 Å². The first kappa shape index (κ1) is 14.4. The zero-order valence-electron chi connectivity index (χ0n) is 11.6. The second-order valence-electron chi connectivity index (χ2n) is 5.34. The predicted octanol–water partition coefficient (Wildman–Crippen LogP) is 4.31. The molecule has 1 aliphatic carbocycles. The maximum Gasteiger partial charge on any atom is 0.142 e. The molecule has 0 amide bonds. The van der Waals surface area contributed by atoms with Crippen LogP contribution in [0.25, 0.3) is 0 Å². The minimum absolute atomic E-state index is 0.131. The van der Waals surface area contributed by atoms with Crippen molar-refractivity contribution in [3.63, 3.8) is 0 Å². The summed E-state index contributed by atoms with van der Waals surface area (Å²) in [6.45, 7) is 1.22. The minimum Gasteiger partial charge on any atom is -0.489 e. The maximum atomic E-state index is 13.3. The summed E-state index contributed by atoms with van der Waals surface area (Å²) in [5.74, 6) is 0.361. The first-order valence-electron chi connectivity index (χ1n) is 7.10. The van der Waals surface area contributed by atoms with Gasteiger partial charge in [0.05, 0.1) is 5.02 Å². The molecule has 0 aliphatic heterocycles. The summed E-state index contributed by atoms with van der Waals surface area (Å²) < 4.78 is 19.0. The second kappa shape index (κ2) is 6.46. The molecule has 0 unspecified atom stereocenters. The van der Waals surface area contributed by atoms with Crippen LogP contribution in [0.2, 0.25) is 5.02 Å². The molecule has 1 saturated carbocycles. The van der Waals surface area contributed by atoms with E-state index in [-0.39, 0.29) is 5.02 Å². The minimum atomic E-state index is -0.417. The molecular formula is C17H17ClFNO. The summed E-state index contributed by atoms with van der Waals surface area (Å²) in [5, 5.41) is 3.60. The molecule has 1 N–H and O–H groups in total. The van der Waals surface area contributed by atoms with E-state index in [4.69, 9.17) is 16.3 Å². The van der Waals surface area contributed by atoms with Gasteiger partial charge in [0, 0.05) is 12.6 Å². The van der Waals surface area contributed by atoms with E-state index in [0.29, 0.717) is 12.6 Å². The molecule has 0 saturated heterocycles. The molecule has 0 spiro atoms. The van der Waals surface area contributed by atoms with E-state index in [2.05, 4.69) is 5.32 Å². The highest BCUT2D eigenvalue weighted by Crippen LogP contribution is 2.20. The Hall–Kier alpha value is -1.58. The zero-order chi connectivity index (χ0) is 14.7. The molecular weight excluding hydrogens is 289 g/mol. The van der Waals surface area contributed by atoms with Crippen LogP contribution in [0, 0.1) is 5.82 Å². The molecule has 21 heavy (non-hydrogen) atoms. The average Bonchev–Trinajstić information content (AvgIpc) is 3.32. The summed E-state index contributed by atoms with van der Waals surface area (Å²) in [5.41, 5.74) is 2.00. The van der Waals surface area contributed by atoms with Gasteiger partial charge < -0.3 is 10.1 Å². The van der Waals surface area contributed by atoms with Crippen LogP contribution in [0.1, 0.15) is 24.0 Å². The van der Waals surface area contributed by atoms with Crippen molar-refractivity contribution < 1.29 is 9.13 Å². The lowest BCUT2D eigenvalue weighted by Gasteiger charge is -2.08. The first-order valence-corrected chi connectivity index (χ1v) is 7.47. The Bertz CT molecular complexity index is 611. The van der Waals surface area contributed by atoms with Gasteiger partial charge in [-0.05, 0) is 48.2 Å². The van der Waals surface area contributed by atoms with Crippen molar-refractivity contribution >= 4 is 11.6 Å². The zero-order valence-corrected chi connectivity index (χ0v) is 12.4. The fraction of sp³-hybridized carbons (Fsp3) is 0.294. The number of halogens is 2. The van der Waals surface area contributed by atoms with Crippen LogP contribution in [0.4, 0.5) is 4.39 Å². The highest BCUT2D eigenvalue weighted by Gasteiger charge is 2.19. The third kappa shape index (κ3) is 4.19. The van der Waals surface area contributed by atoms with Gasteiger partial charge in [-0.15, -0.1) is 0 Å². The summed E-state index contributed by atoms with van der Waals surface area (Å²) in [6.07, 6.45) is 2.58. The Morgan fingerprint density at radius 3 is 2.48 bits per heavy atom. The van der Waals surface area contributed by atoms with Gasteiger partial charge in [-0.25, -0.2) is 4.39 Å². The number of nitrogens with one attached hydrogen (secondary N) is 1. The van der Waals surface area contributed by atoms with Crippen LogP contribution in [-0.4, -0.2) is 6.04 Å².